The summed E-state index contributed by atoms with van der Waals surface area (Å²) in [5.41, 5.74) is 10.5. The number of nitrogens with zero attached hydrogens (tertiary/aromatic N) is 10. The number of aryl methyl sites for hydroxylation is 1. The highest BCUT2D eigenvalue weighted by molar-refractivity contribution is 7.16. The first kappa shape index (κ1) is 31.3. The number of hydrogen-bond donors (Lipinski definition) is 1. The molecule has 9 rings (SSSR count). The molecule has 5 aromatic rings. The number of thiophene rings is 1. The van der Waals surface area contributed by atoms with Crippen LogP contribution in [0.2, 0.25) is 0 Å². The van der Waals surface area contributed by atoms with E-state index < -0.39 is 5.41 Å². The van der Waals surface area contributed by atoms with Crippen molar-refractivity contribution in [1.29, 1.82) is 5.26 Å². The molecule has 2 fully saturated rings. The Labute approximate surface area is 293 Å². The van der Waals surface area contributed by atoms with Crippen molar-refractivity contribution >= 4 is 16.3 Å². The molecule has 5 aromatic heterocycles. The predicted octanol–water partition coefficient (Wildman–Crippen LogP) is 4.87. The first-order valence-electron chi connectivity index (χ1n) is 17.5. The van der Waals surface area contributed by atoms with E-state index in [4.69, 9.17) is 34.8 Å². The summed E-state index contributed by atoms with van der Waals surface area (Å²) in [5, 5.41) is 29.0. The molecule has 0 bridgehead atoms. The summed E-state index contributed by atoms with van der Waals surface area (Å²) in [5.74, 6) is 2.21. The number of rotatable bonds is 7. The Balaban J connectivity index is 1.11. The molecule has 15 heteroatoms. The Bertz CT molecular complexity index is 2100. The molecular weight excluding hydrogens is 655 g/mol. The van der Waals surface area contributed by atoms with Crippen molar-refractivity contribution in [3.8, 4) is 40.7 Å². The highest BCUT2D eigenvalue weighted by Gasteiger charge is 2.49. The molecule has 258 valence electrons. The Morgan fingerprint density at radius 1 is 1.16 bits per heavy atom. The van der Waals surface area contributed by atoms with Crippen LogP contribution in [0.1, 0.15) is 85.2 Å². The van der Waals surface area contributed by atoms with Gasteiger partial charge in [0.1, 0.15) is 28.6 Å². The number of anilines is 1. The number of nitrogens with two attached hydrogens (primary N) is 1. The van der Waals surface area contributed by atoms with Crippen molar-refractivity contribution in [2.75, 3.05) is 32.5 Å². The molecule has 0 unspecified atom stereocenters. The molecule has 1 spiro atoms. The molecular formula is C35H39N11O3S. The lowest BCUT2D eigenvalue weighted by molar-refractivity contribution is 0.117. The van der Waals surface area contributed by atoms with Gasteiger partial charge in [0.25, 0.3) is 0 Å². The maximum atomic E-state index is 10.1. The number of fused-ring (bicyclic) bond motifs is 4. The van der Waals surface area contributed by atoms with Crippen molar-refractivity contribution in [1.82, 2.24) is 44.8 Å². The number of likely N-dealkylation sites (tertiary alicyclic amines) is 1. The minimum Gasteiger partial charge on any atom is -0.473 e. The third kappa shape index (κ3) is 5.11. The molecule has 0 amide bonds. The van der Waals surface area contributed by atoms with Gasteiger partial charge in [-0.1, -0.05) is 10.4 Å². The molecule has 50 heavy (non-hydrogen) atoms. The van der Waals surface area contributed by atoms with Gasteiger partial charge in [0.2, 0.25) is 5.88 Å². The first-order chi connectivity index (χ1) is 24.4. The third-order valence-electron chi connectivity index (χ3n) is 11.1. The van der Waals surface area contributed by atoms with E-state index in [1.165, 1.54) is 16.2 Å². The zero-order valence-corrected chi connectivity index (χ0v) is 29.0. The number of likely N-dealkylation sites (N-methyl/N-ethyl adjacent to an activating group) is 1. The van der Waals surface area contributed by atoms with Gasteiger partial charge in [0, 0.05) is 35.4 Å². The fraction of sp³-hybridized carbons (Fsp3) is 0.514. The fourth-order valence-corrected chi connectivity index (χ4v) is 9.76. The second-order valence-electron chi connectivity index (χ2n) is 14.0. The molecule has 14 nitrogen and oxygen atoms in total. The van der Waals surface area contributed by atoms with Gasteiger partial charge in [-0.2, -0.15) is 15.3 Å². The molecule has 7 heterocycles. The molecule has 0 aromatic carbocycles. The lowest BCUT2D eigenvalue weighted by atomic mass is 9.63. The zero-order chi connectivity index (χ0) is 34.0. The van der Waals surface area contributed by atoms with E-state index in [0.29, 0.717) is 51.8 Å². The molecule has 2 saturated heterocycles. The van der Waals surface area contributed by atoms with Gasteiger partial charge in [-0.3, -0.25) is 4.90 Å². The van der Waals surface area contributed by atoms with E-state index >= 15 is 0 Å². The second-order valence-corrected chi connectivity index (χ2v) is 15.2. The highest BCUT2D eigenvalue weighted by Crippen LogP contribution is 2.55. The quantitative estimate of drug-likeness (QED) is 0.246. The van der Waals surface area contributed by atoms with Gasteiger partial charge in [-0.05, 0) is 89.9 Å². The topological polar surface area (TPSA) is 172 Å². The lowest BCUT2D eigenvalue weighted by Crippen LogP contribution is -2.38. The van der Waals surface area contributed by atoms with Crippen LogP contribution in [-0.4, -0.2) is 83.8 Å². The van der Waals surface area contributed by atoms with E-state index in [-0.39, 0.29) is 18.2 Å². The summed E-state index contributed by atoms with van der Waals surface area (Å²) in [6.45, 7) is 4.50. The van der Waals surface area contributed by atoms with Crippen LogP contribution in [0.25, 0.3) is 28.7 Å². The van der Waals surface area contributed by atoms with Crippen molar-refractivity contribution in [2.24, 2.45) is 0 Å². The van der Waals surface area contributed by atoms with Crippen LogP contribution in [0, 0.1) is 11.3 Å². The van der Waals surface area contributed by atoms with Crippen LogP contribution in [-0.2, 0) is 23.0 Å². The van der Waals surface area contributed by atoms with E-state index in [0.717, 1.165) is 87.8 Å². The van der Waals surface area contributed by atoms with Crippen LogP contribution in [0.15, 0.2) is 29.0 Å². The van der Waals surface area contributed by atoms with Crippen LogP contribution in [0.3, 0.4) is 0 Å². The van der Waals surface area contributed by atoms with Crippen LogP contribution < -0.4 is 10.5 Å². The fourth-order valence-electron chi connectivity index (χ4n) is 8.60. The Hall–Kier alpha value is -4.65. The average molecular weight is 694 g/mol. The van der Waals surface area contributed by atoms with E-state index in [1.807, 2.05) is 29.2 Å². The Morgan fingerprint density at radius 2 is 2.04 bits per heavy atom. The number of nitrogen functional groups attached to an aromatic ring is 1. The minimum absolute atomic E-state index is 0.0931. The maximum Gasteiger partial charge on any atom is 0.219 e. The second kappa shape index (κ2) is 12.3. The molecule has 2 aliphatic heterocycles. The maximum absolute atomic E-state index is 10.1. The normalized spacial score (nSPS) is 23.9. The SMILES string of the molecule is C[C@H](Oc1cc(-n2ccc(-c3cn([C@H]4CCOC4)nn3)n2)nc(-c2noc3c2CCC[C@@]32CCCc3sc(N)c(C#N)c32)n1)[C@@H]1CCCN1C. The highest BCUT2D eigenvalue weighted by atomic mass is 32.1. The van der Waals surface area contributed by atoms with Crippen molar-refractivity contribution < 1.29 is 14.0 Å². The Morgan fingerprint density at radius 3 is 2.84 bits per heavy atom. The van der Waals surface area contributed by atoms with Gasteiger partial charge in [-0.25, -0.2) is 14.3 Å². The standard InChI is InChI=1S/C35H39N11O3S/c1-20(26-7-5-13-44(26)2)48-29-16-28(45-14-9-24(41-45)25-18-46(43-40-25)21-10-15-47-19-21)38-34(39-29)31-22-6-3-11-35(32(22)49-42-31)12-4-8-27-30(35)23(17-36)33(37)50-27/h9,14,16,18,20-21,26H,3-8,10-13,15,19,37H2,1-2H3/t20-,21-,26-,35-/m0/s1. The largest absolute Gasteiger partial charge is 0.473 e. The summed E-state index contributed by atoms with van der Waals surface area (Å²) in [6, 6.07) is 6.60. The molecule has 0 radical (unpaired) electrons. The van der Waals surface area contributed by atoms with Gasteiger partial charge >= 0.3 is 0 Å². The summed E-state index contributed by atoms with van der Waals surface area (Å²) in [4.78, 5) is 13.5. The lowest BCUT2D eigenvalue weighted by Gasteiger charge is -2.39. The van der Waals surface area contributed by atoms with Crippen molar-refractivity contribution in [3.05, 3.63) is 51.9 Å². The van der Waals surface area contributed by atoms with Gasteiger partial charge in [-0.15, -0.1) is 16.4 Å². The smallest absolute Gasteiger partial charge is 0.219 e. The monoisotopic (exact) mass is 693 g/mol. The molecule has 4 aliphatic rings. The summed E-state index contributed by atoms with van der Waals surface area (Å²) in [6.07, 6.45) is 12.2. The number of ether oxygens (including phenoxy) is 2. The zero-order valence-electron chi connectivity index (χ0n) is 28.2. The molecule has 2 N–H and O–H groups in total. The van der Waals surface area contributed by atoms with Crippen molar-refractivity contribution in [3.63, 3.8) is 0 Å². The molecule has 2 aliphatic carbocycles. The van der Waals surface area contributed by atoms with E-state index in [1.54, 1.807) is 4.68 Å². The summed E-state index contributed by atoms with van der Waals surface area (Å²) in [7, 11) is 2.14. The average Bonchev–Trinajstić information content (AvgIpc) is 3.95. The first-order valence-corrected chi connectivity index (χ1v) is 18.4. The van der Waals surface area contributed by atoms with Crippen molar-refractivity contribution in [2.45, 2.75) is 88.3 Å². The number of hydrogen-bond acceptors (Lipinski definition) is 13. The van der Waals surface area contributed by atoms with Crippen LogP contribution in [0.5, 0.6) is 5.88 Å². The van der Waals surface area contributed by atoms with Crippen LogP contribution >= 0.6 is 11.3 Å². The third-order valence-corrected chi connectivity index (χ3v) is 12.1. The van der Waals surface area contributed by atoms with Crippen LogP contribution in [0.4, 0.5) is 5.00 Å². The Kier molecular flexibility index (Phi) is 7.70. The molecule has 0 saturated carbocycles. The van der Waals surface area contributed by atoms with E-state index in [9.17, 15) is 5.26 Å². The number of nitriles is 1. The van der Waals surface area contributed by atoms with Gasteiger partial charge in [0.15, 0.2) is 23.1 Å². The van der Waals surface area contributed by atoms with Gasteiger partial charge < -0.3 is 19.7 Å². The minimum atomic E-state index is -0.441. The number of aromatic nitrogens is 8. The van der Waals surface area contributed by atoms with Gasteiger partial charge in [0.05, 0.1) is 29.8 Å². The summed E-state index contributed by atoms with van der Waals surface area (Å²) >= 11 is 1.54. The predicted molar refractivity (Wildman–Crippen MR) is 184 cm³/mol. The van der Waals surface area contributed by atoms with E-state index in [2.05, 4.69) is 40.4 Å². The molecule has 4 atom stereocenters. The summed E-state index contributed by atoms with van der Waals surface area (Å²) < 4.78 is 22.0.